The first-order valence-electron chi connectivity index (χ1n) is 8.14. The summed E-state index contributed by atoms with van der Waals surface area (Å²) in [6.07, 6.45) is -0.683. The molecule has 150 valence electrons. The summed E-state index contributed by atoms with van der Waals surface area (Å²) < 4.78 is 24.1. The van der Waals surface area contributed by atoms with Gasteiger partial charge >= 0.3 is 6.09 Å². The molecule has 0 aliphatic heterocycles. The maximum atomic E-state index is 13.7. The molecule has 6 nitrogen and oxygen atoms in total. The van der Waals surface area contributed by atoms with E-state index in [0.717, 1.165) is 12.1 Å². The summed E-state index contributed by atoms with van der Waals surface area (Å²) in [5.74, 6) is -1.05. The van der Waals surface area contributed by atoms with Crippen molar-refractivity contribution in [1.82, 2.24) is 0 Å². The Balaban J connectivity index is 2.24. The van der Waals surface area contributed by atoms with Gasteiger partial charge in [-0.1, -0.05) is 23.2 Å². The molecule has 2 aromatic carbocycles. The second-order valence-corrected chi connectivity index (χ2v) is 7.56. The third-order valence-electron chi connectivity index (χ3n) is 3.35. The van der Waals surface area contributed by atoms with Crippen molar-refractivity contribution in [3.05, 3.63) is 51.8 Å². The second-order valence-electron chi connectivity index (χ2n) is 6.74. The first-order valence-corrected chi connectivity index (χ1v) is 8.89. The Morgan fingerprint density at radius 3 is 2.32 bits per heavy atom. The SMILES string of the molecule is COc1ccc(NC(=O)c2cc(F)c(Cl)cc2Cl)cc1NC(=O)OC(C)(C)C. The second kappa shape index (κ2) is 8.67. The van der Waals surface area contributed by atoms with Crippen molar-refractivity contribution < 1.29 is 23.5 Å². The number of anilines is 2. The molecular formula is C19H19Cl2FN2O4. The number of hydrogen-bond donors (Lipinski definition) is 2. The van der Waals surface area contributed by atoms with E-state index >= 15 is 0 Å². The fraction of sp³-hybridized carbons (Fsp3) is 0.263. The standard InChI is InChI=1S/C19H19Cl2FN2O4/c1-19(2,3)28-18(26)24-15-7-10(5-6-16(15)27-4)23-17(25)11-8-14(22)13(21)9-12(11)20/h5-9H,1-4H3,(H,23,25)(H,24,26). The Morgan fingerprint density at radius 2 is 1.71 bits per heavy atom. The molecule has 0 saturated heterocycles. The molecule has 0 fully saturated rings. The van der Waals surface area contributed by atoms with Gasteiger partial charge in [0.05, 0.1) is 28.4 Å². The fourth-order valence-corrected chi connectivity index (χ4v) is 2.66. The van der Waals surface area contributed by atoms with Crippen LogP contribution in [0.3, 0.4) is 0 Å². The summed E-state index contributed by atoms with van der Waals surface area (Å²) in [5.41, 5.74) is -0.161. The molecule has 2 rings (SSSR count). The van der Waals surface area contributed by atoms with Gasteiger partial charge in [0, 0.05) is 5.69 Å². The summed E-state index contributed by atoms with van der Waals surface area (Å²) in [4.78, 5) is 24.4. The number of amides is 2. The van der Waals surface area contributed by atoms with E-state index in [4.69, 9.17) is 32.7 Å². The first kappa shape index (κ1) is 21.8. The van der Waals surface area contributed by atoms with Gasteiger partial charge in [-0.2, -0.15) is 0 Å². The van der Waals surface area contributed by atoms with Gasteiger partial charge in [0.15, 0.2) is 0 Å². The van der Waals surface area contributed by atoms with E-state index < -0.39 is 23.4 Å². The van der Waals surface area contributed by atoms with Crippen LogP contribution in [0, 0.1) is 5.82 Å². The maximum Gasteiger partial charge on any atom is 0.412 e. The number of rotatable bonds is 4. The molecule has 0 unspecified atom stereocenters. The van der Waals surface area contributed by atoms with Crippen LogP contribution in [0.4, 0.5) is 20.6 Å². The number of hydrogen-bond acceptors (Lipinski definition) is 4. The topological polar surface area (TPSA) is 76.7 Å². The van der Waals surface area contributed by atoms with Crippen LogP contribution in [0.5, 0.6) is 5.75 Å². The fourth-order valence-electron chi connectivity index (χ4n) is 2.19. The molecule has 2 aromatic rings. The number of nitrogens with one attached hydrogen (secondary N) is 2. The molecule has 28 heavy (non-hydrogen) atoms. The van der Waals surface area contributed by atoms with Crippen LogP contribution in [0.2, 0.25) is 10.0 Å². The number of benzene rings is 2. The van der Waals surface area contributed by atoms with Crippen LogP contribution in [-0.4, -0.2) is 24.7 Å². The predicted octanol–water partition coefficient (Wildman–Crippen LogP) is 5.74. The summed E-state index contributed by atoms with van der Waals surface area (Å²) in [7, 11) is 1.43. The number of ether oxygens (including phenoxy) is 2. The summed E-state index contributed by atoms with van der Waals surface area (Å²) in [6, 6.07) is 6.67. The minimum Gasteiger partial charge on any atom is -0.495 e. The zero-order valence-corrected chi connectivity index (χ0v) is 17.2. The summed E-state index contributed by atoms with van der Waals surface area (Å²) in [6.45, 7) is 5.19. The molecule has 2 N–H and O–H groups in total. The zero-order chi connectivity index (χ0) is 21.1. The molecule has 9 heteroatoms. The van der Waals surface area contributed by atoms with Crippen LogP contribution in [-0.2, 0) is 4.74 Å². The Bertz CT molecular complexity index is 914. The Hall–Kier alpha value is -2.51. The highest BCUT2D eigenvalue weighted by atomic mass is 35.5. The van der Waals surface area contributed by atoms with Gasteiger partial charge in [-0.15, -0.1) is 0 Å². The van der Waals surface area contributed by atoms with E-state index in [1.54, 1.807) is 32.9 Å². The summed E-state index contributed by atoms with van der Waals surface area (Å²) >= 11 is 11.6. The molecule has 0 aromatic heterocycles. The van der Waals surface area contributed by atoms with Crippen molar-refractivity contribution in [1.29, 1.82) is 0 Å². The average Bonchev–Trinajstić information content (AvgIpc) is 2.56. The van der Waals surface area contributed by atoms with Crippen LogP contribution < -0.4 is 15.4 Å². The smallest absolute Gasteiger partial charge is 0.412 e. The quantitative estimate of drug-likeness (QED) is 0.608. The Kier molecular flexibility index (Phi) is 6.74. The van der Waals surface area contributed by atoms with Gasteiger partial charge in [-0.25, -0.2) is 9.18 Å². The third kappa shape index (κ3) is 5.74. The number of carbonyl (C=O) groups is 2. The highest BCUT2D eigenvalue weighted by Gasteiger charge is 2.19. The van der Waals surface area contributed by atoms with Crippen LogP contribution in [0.25, 0.3) is 0 Å². The molecule has 2 amide bonds. The molecule has 0 aliphatic carbocycles. The van der Waals surface area contributed by atoms with Crippen LogP contribution in [0.1, 0.15) is 31.1 Å². The lowest BCUT2D eigenvalue weighted by molar-refractivity contribution is 0.0635. The van der Waals surface area contributed by atoms with Gasteiger partial charge < -0.3 is 14.8 Å². The number of methoxy groups -OCH3 is 1. The monoisotopic (exact) mass is 428 g/mol. The highest BCUT2D eigenvalue weighted by molar-refractivity contribution is 6.37. The van der Waals surface area contributed by atoms with Gasteiger partial charge in [-0.05, 0) is 51.1 Å². The molecule has 0 atom stereocenters. The largest absolute Gasteiger partial charge is 0.495 e. The molecule has 0 radical (unpaired) electrons. The van der Waals surface area contributed by atoms with Crippen molar-refractivity contribution in [2.24, 2.45) is 0 Å². The van der Waals surface area contributed by atoms with Gasteiger partial charge in [0.2, 0.25) is 0 Å². The average molecular weight is 429 g/mol. The van der Waals surface area contributed by atoms with E-state index in [1.165, 1.54) is 13.2 Å². The van der Waals surface area contributed by atoms with E-state index in [1.807, 2.05) is 0 Å². The minimum absolute atomic E-state index is 0.00418. The van der Waals surface area contributed by atoms with E-state index in [-0.39, 0.29) is 21.3 Å². The lowest BCUT2D eigenvalue weighted by Gasteiger charge is -2.20. The number of halogens is 3. The molecular weight excluding hydrogens is 410 g/mol. The maximum absolute atomic E-state index is 13.7. The zero-order valence-electron chi connectivity index (χ0n) is 15.7. The molecule has 0 bridgehead atoms. The van der Waals surface area contributed by atoms with Gasteiger partial charge in [0.1, 0.15) is 17.2 Å². The molecule has 0 saturated carbocycles. The van der Waals surface area contributed by atoms with Crippen molar-refractivity contribution >= 4 is 46.6 Å². The highest BCUT2D eigenvalue weighted by Crippen LogP contribution is 2.30. The van der Waals surface area contributed by atoms with Crippen molar-refractivity contribution in [3.63, 3.8) is 0 Å². The van der Waals surface area contributed by atoms with Crippen LogP contribution in [0.15, 0.2) is 30.3 Å². The third-order valence-corrected chi connectivity index (χ3v) is 3.95. The molecule has 0 spiro atoms. The first-order chi connectivity index (χ1) is 13.0. The normalized spacial score (nSPS) is 11.0. The van der Waals surface area contributed by atoms with Gasteiger partial charge in [-0.3, -0.25) is 10.1 Å². The predicted molar refractivity (Wildman–Crippen MR) is 107 cm³/mol. The van der Waals surface area contributed by atoms with Gasteiger partial charge in [0.25, 0.3) is 5.91 Å². The Morgan fingerprint density at radius 1 is 1.04 bits per heavy atom. The summed E-state index contributed by atoms with van der Waals surface area (Å²) in [5, 5.41) is 4.96. The lowest BCUT2D eigenvalue weighted by Crippen LogP contribution is -2.27. The molecule has 0 heterocycles. The van der Waals surface area contributed by atoms with E-state index in [0.29, 0.717) is 11.4 Å². The Labute approximate surface area is 171 Å². The number of carbonyl (C=O) groups excluding carboxylic acids is 2. The van der Waals surface area contributed by atoms with Crippen molar-refractivity contribution in [2.45, 2.75) is 26.4 Å². The van der Waals surface area contributed by atoms with Crippen molar-refractivity contribution in [3.8, 4) is 5.75 Å². The van der Waals surface area contributed by atoms with E-state index in [2.05, 4.69) is 10.6 Å². The van der Waals surface area contributed by atoms with Crippen LogP contribution >= 0.6 is 23.2 Å². The minimum atomic E-state index is -0.766. The van der Waals surface area contributed by atoms with Crippen molar-refractivity contribution in [2.75, 3.05) is 17.7 Å². The molecule has 0 aliphatic rings. The lowest BCUT2D eigenvalue weighted by atomic mass is 10.2. The van der Waals surface area contributed by atoms with E-state index in [9.17, 15) is 14.0 Å².